The number of nitrogens with zero attached hydrogens (tertiary/aromatic N) is 3. The highest BCUT2D eigenvalue weighted by Gasteiger charge is 2.29. The number of aromatic nitrogens is 2. The maximum Gasteiger partial charge on any atom is 0.315 e. The number of likely N-dealkylation sites (tertiary alicyclic amines) is 1. The number of hydrogen-bond acceptors (Lipinski definition) is 4. The Morgan fingerprint density at radius 1 is 1.15 bits per heavy atom. The first-order valence-electron chi connectivity index (χ1n) is 8.68. The molecule has 0 bridgehead atoms. The van der Waals surface area contributed by atoms with Crippen LogP contribution in [0, 0.1) is 0 Å². The molecule has 1 N–H and O–H groups in total. The number of fused-ring (bicyclic) bond motifs is 1. The number of piperidine rings is 1. The molecule has 0 saturated carbocycles. The maximum absolute atomic E-state index is 12.6. The Morgan fingerprint density at radius 3 is 2.73 bits per heavy atom. The summed E-state index contributed by atoms with van der Waals surface area (Å²) in [7, 11) is 0. The summed E-state index contributed by atoms with van der Waals surface area (Å²) in [6.45, 7) is 1.29. The van der Waals surface area contributed by atoms with Gasteiger partial charge in [-0.3, -0.25) is 9.59 Å². The van der Waals surface area contributed by atoms with Crippen LogP contribution in [0.25, 0.3) is 5.69 Å². The van der Waals surface area contributed by atoms with E-state index in [0.29, 0.717) is 23.9 Å². The van der Waals surface area contributed by atoms with Gasteiger partial charge in [-0.1, -0.05) is 17.7 Å². The van der Waals surface area contributed by atoms with Gasteiger partial charge < -0.3 is 10.2 Å². The number of hydrogen-bond donors (Lipinski definition) is 1. The highest BCUT2D eigenvalue weighted by Crippen LogP contribution is 2.36. The number of anilines is 1. The van der Waals surface area contributed by atoms with Gasteiger partial charge in [0.25, 0.3) is 0 Å². The molecule has 0 spiro atoms. The van der Waals surface area contributed by atoms with Gasteiger partial charge in [0.1, 0.15) is 5.82 Å². The van der Waals surface area contributed by atoms with Crippen molar-refractivity contribution in [1.29, 1.82) is 0 Å². The lowest BCUT2D eigenvalue weighted by atomic mass is 10.1. The lowest BCUT2D eigenvalue weighted by molar-refractivity contribution is -0.143. The predicted octanol–water partition coefficient (Wildman–Crippen LogP) is 3.22. The molecule has 2 aliphatic heterocycles. The van der Waals surface area contributed by atoms with Crippen LogP contribution in [0.4, 0.5) is 5.82 Å². The molecule has 2 aromatic rings. The Morgan fingerprint density at radius 2 is 1.96 bits per heavy atom. The van der Waals surface area contributed by atoms with Crippen LogP contribution in [0.5, 0.6) is 0 Å². The summed E-state index contributed by atoms with van der Waals surface area (Å²) in [5.41, 5.74) is 2.68. The van der Waals surface area contributed by atoms with Crippen molar-refractivity contribution in [2.24, 2.45) is 0 Å². The number of rotatable bonds is 2. The topological polar surface area (TPSA) is 67.2 Å². The lowest BCUT2D eigenvalue weighted by Gasteiger charge is -2.26. The summed E-state index contributed by atoms with van der Waals surface area (Å²) in [6.07, 6.45) is 3.01. The minimum Gasteiger partial charge on any atom is -0.334 e. The summed E-state index contributed by atoms with van der Waals surface area (Å²) < 4.78 is 1.68. The van der Waals surface area contributed by atoms with Crippen molar-refractivity contribution in [2.45, 2.75) is 30.8 Å². The van der Waals surface area contributed by atoms with E-state index in [9.17, 15) is 9.59 Å². The smallest absolute Gasteiger partial charge is 0.315 e. The molecule has 0 unspecified atom stereocenters. The van der Waals surface area contributed by atoms with E-state index in [2.05, 4.69) is 10.4 Å². The summed E-state index contributed by atoms with van der Waals surface area (Å²) in [4.78, 5) is 26.7. The zero-order valence-corrected chi connectivity index (χ0v) is 15.8. The number of nitrogens with one attached hydrogen (secondary N) is 1. The van der Waals surface area contributed by atoms with Crippen LogP contribution in [-0.4, -0.2) is 39.6 Å². The average molecular weight is 391 g/mol. The molecular formula is C18H19ClN4O2S. The Balaban J connectivity index is 1.63. The fraction of sp³-hybridized carbons (Fsp3) is 0.389. The Bertz CT molecular complexity index is 861. The van der Waals surface area contributed by atoms with Crippen LogP contribution in [0.2, 0.25) is 5.02 Å². The van der Waals surface area contributed by atoms with E-state index in [1.54, 1.807) is 33.5 Å². The standard InChI is InChI=1S/C18H19ClN4O2S/c19-12-5-4-6-13(9-12)23-16(14-10-26-11-15(14)21-23)20-17(24)18(25)22-7-2-1-3-8-22/h4-6,9H,1-3,7-8,10-11H2,(H,20,24). The van der Waals surface area contributed by atoms with Crippen molar-refractivity contribution in [3.63, 3.8) is 0 Å². The number of carbonyl (C=O) groups is 2. The molecule has 0 radical (unpaired) electrons. The summed E-state index contributed by atoms with van der Waals surface area (Å²) in [6, 6.07) is 7.29. The van der Waals surface area contributed by atoms with Gasteiger partial charge in [0.05, 0.1) is 11.4 Å². The molecule has 2 amide bonds. The molecule has 1 aromatic heterocycles. The molecule has 1 aromatic carbocycles. The highest BCUT2D eigenvalue weighted by atomic mass is 35.5. The van der Waals surface area contributed by atoms with Gasteiger partial charge in [0.2, 0.25) is 0 Å². The van der Waals surface area contributed by atoms with Crippen molar-refractivity contribution >= 4 is 41.0 Å². The van der Waals surface area contributed by atoms with Crippen molar-refractivity contribution < 1.29 is 9.59 Å². The minimum absolute atomic E-state index is 0.469. The van der Waals surface area contributed by atoms with Crippen LogP contribution in [0.1, 0.15) is 30.5 Å². The summed E-state index contributed by atoms with van der Waals surface area (Å²) in [5, 5.41) is 8.04. The molecule has 0 atom stereocenters. The third kappa shape index (κ3) is 3.33. The molecule has 3 heterocycles. The first kappa shape index (κ1) is 17.4. The number of halogens is 1. The first-order chi connectivity index (χ1) is 12.6. The quantitative estimate of drug-likeness (QED) is 0.799. The van der Waals surface area contributed by atoms with Crippen LogP contribution in [0.15, 0.2) is 24.3 Å². The maximum atomic E-state index is 12.6. The van der Waals surface area contributed by atoms with Crippen molar-refractivity contribution in [3.8, 4) is 5.69 Å². The molecule has 136 valence electrons. The third-order valence-electron chi connectivity index (χ3n) is 4.67. The predicted molar refractivity (Wildman–Crippen MR) is 103 cm³/mol. The summed E-state index contributed by atoms with van der Waals surface area (Å²) >= 11 is 7.85. The number of thioether (sulfide) groups is 1. The second-order valence-corrected chi connectivity index (χ2v) is 7.89. The van der Waals surface area contributed by atoms with Crippen LogP contribution in [0.3, 0.4) is 0 Å². The zero-order valence-electron chi connectivity index (χ0n) is 14.2. The van der Waals surface area contributed by atoms with Crippen LogP contribution < -0.4 is 5.32 Å². The SMILES string of the molecule is O=C(Nc1c2c(nn1-c1cccc(Cl)c1)CSC2)C(=O)N1CCCCC1. The monoisotopic (exact) mass is 390 g/mol. The van der Waals surface area contributed by atoms with E-state index in [0.717, 1.165) is 47.7 Å². The van der Waals surface area contributed by atoms with Gasteiger partial charge in [0.15, 0.2) is 0 Å². The Hall–Kier alpha value is -1.99. The normalized spacial score (nSPS) is 16.4. The third-order valence-corrected chi connectivity index (χ3v) is 5.88. The van der Waals surface area contributed by atoms with Gasteiger partial charge in [-0.15, -0.1) is 0 Å². The van der Waals surface area contributed by atoms with Crippen molar-refractivity contribution in [2.75, 3.05) is 18.4 Å². The van der Waals surface area contributed by atoms with Gasteiger partial charge in [0, 0.05) is 35.2 Å². The number of benzene rings is 1. The largest absolute Gasteiger partial charge is 0.334 e. The average Bonchev–Trinajstić information content (AvgIpc) is 3.24. The Labute approximate surface area is 160 Å². The van der Waals surface area contributed by atoms with E-state index in [4.69, 9.17) is 11.6 Å². The van der Waals surface area contributed by atoms with Crippen molar-refractivity contribution in [3.05, 3.63) is 40.5 Å². The number of amides is 2. The summed E-state index contributed by atoms with van der Waals surface area (Å²) in [5.74, 6) is 1.07. The van der Waals surface area contributed by atoms with Gasteiger partial charge >= 0.3 is 11.8 Å². The molecule has 26 heavy (non-hydrogen) atoms. The van der Waals surface area contributed by atoms with E-state index >= 15 is 0 Å². The lowest BCUT2D eigenvalue weighted by Crippen LogP contribution is -2.42. The van der Waals surface area contributed by atoms with Crippen LogP contribution in [-0.2, 0) is 21.1 Å². The van der Waals surface area contributed by atoms with E-state index in [1.807, 2.05) is 12.1 Å². The second-order valence-electron chi connectivity index (χ2n) is 6.47. The van der Waals surface area contributed by atoms with Gasteiger partial charge in [-0.2, -0.15) is 16.9 Å². The number of carbonyl (C=O) groups excluding carboxylic acids is 2. The van der Waals surface area contributed by atoms with Crippen molar-refractivity contribution in [1.82, 2.24) is 14.7 Å². The highest BCUT2D eigenvalue weighted by molar-refractivity contribution is 7.98. The molecule has 4 rings (SSSR count). The first-order valence-corrected chi connectivity index (χ1v) is 10.2. The fourth-order valence-electron chi connectivity index (χ4n) is 3.34. The van der Waals surface area contributed by atoms with E-state index in [-0.39, 0.29) is 0 Å². The molecule has 1 saturated heterocycles. The fourth-order valence-corrected chi connectivity index (χ4v) is 4.56. The minimum atomic E-state index is -0.602. The van der Waals surface area contributed by atoms with Crippen LogP contribution >= 0.6 is 23.4 Å². The van der Waals surface area contributed by atoms with E-state index in [1.165, 1.54) is 0 Å². The molecule has 8 heteroatoms. The molecule has 1 fully saturated rings. The van der Waals surface area contributed by atoms with Gasteiger partial charge in [-0.25, -0.2) is 4.68 Å². The molecule has 0 aliphatic carbocycles. The van der Waals surface area contributed by atoms with Gasteiger partial charge in [-0.05, 0) is 37.5 Å². The zero-order chi connectivity index (χ0) is 18.1. The molecular weight excluding hydrogens is 372 g/mol. The Kier molecular flexibility index (Phi) is 4.91. The molecule has 6 nitrogen and oxygen atoms in total. The molecule has 2 aliphatic rings. The van der Waals surface area contributed by atoms with E-state index < -0.39 is 11.8 Å². The second kappa shape index (κ2) is 7.32.